The molecule has 1 saturated carbocycles. The van der Waals surface area contributed by atoms with E-state index in [-0.39, 0.29) is 0 Å². The first-order valence-electron chi connectivity index (χ1n) is 3.52. The molecule has 1 heterocycles. The highest BCUT2D eigenvalue weighted by molar-refractivity contribution is 5.10. The van der Waals surface area contributed by atoms with E-state index in [2.05, 4.69) is 5.32 Å². The Morgan fingerprint density at radius 1 is 1.36 bits per heavy atom. The predicted octanol–water partition coefficient (Wildman–Crippen LogP) is 0.535. The highest BCUT2D eigenvalue weighted by Crippen LogP contribution is 2.47. The van der Waals surface area contributed by atoms with E-state index in [0.29, 0.717) is 13.2 Å². The Bertz CT molecular complexity index is 158. The van der Waals surface area contributed by atoms with Crippen LogP contribution in [0.2, 0.25) is 0 Å². The molecular weight excluding hydrogens is 159 g/mol. The molecule has 0 aromatic carbocycles. The van der Waals surface area contributed by atoms with Gasteiger partial charge >= 0.3 is 6.18 Å². The minimum Gasteiger partial charge on any atom is -0.375 e. The lowest BCUT2D eigenvalue weighted by Crippen LogP contribution is -2.31. The van der Waals surface area contributed by atoms with E-state index in [4.69, 9.17) is 4.74 Å². The Kier molecular flexibility index (Phi) is 1.41. The van der Waals surface area contributed by atoms with Crippen LogP contribution in [0.15, 0.2) is 0 Å². The number of rotatable bonds is 0. The first-order valence-corrected chi connectivity index (χ1v) is 3.52. The van der Waals surface area contributed by atoms with Crippen LogP contribution < -0.4 is 5.32 Å². The van der Waals surface area contributed by atoms with Crippen molar-refractivity contribution in [3.8, 4) is 0 Å². The summed E-state index contributed by atoms with van der Waals surface area (Å²) < 4.78 is 41.0. The summed E-state index contributed by atoms with van der Waals surface area (Å²) in [7, 11) is 0. The zero-order valence-electron chi connectivity index (χ0n) is 5.69. The molecule has 64 valence electrons. The Morgan fingerprint density at radius 3 is 2.55 bits per heavy atom. The SMILES string of the molecule is FC(F)(F)[C@H]1[C@@H]2NCCO[C@@H]21. The normalized spacial score (nSPS) is 43.4. The summed E-state index contributed by atoms with van der Waals surface area (Å²) in [6.45, 7) is 0.932. The quantitative estimate of drug-likeness (QED) is 0.568. The molecule has 1 N–H and O–H groups in total. The van der Waals surface area contributed by atoms with Crippen LogP contribution in [-0.4, -0.2) is 31.5 Å². The second-order valence-electron chi connectivity index (χ2n) is 2.88. The van der Waals surface area contributed by atoms with Gasteiger partial charge < -0.3 is 10.1 Å². The van der Waals surface area contributed by atoms with Gasteiger partial charge in [0.1, 0.15) is 5.92 Å². The lowest BCUT2D eigenvalue weighted by Gasteiger charge is -2.09. The number of fused-ring (bicyclic) bond motifs is 1. The minimum absolute atomic E-state index is 0.397. The van der Waals surface area contributed by atoms with Gasteiger partial charge in [-0.2, -0.15) is 13.2 Å². The average molecular weight is 167 g/mol. The van der Waals surface area contributed by atoms with Crippen LogP contribution in [0.1, 0.15) is 0 Å². The Balaban J connectivity index is 2.00. The van der Waals surface area contributed by atoms with Crippen molar-refractivity contribution < 1.29 is 17.9 Å². The molecule has 5 heteroatoms. The fourth-order valence-corrected chi connectivity index (χ4v) is 1.54. The van der Waals surface area contributed by atoms with Gasteiger partial charge in [0.15, 0.2) is 0 Å². The highest BCUT2D eigenvalue weighted by atomic mass is 19.4. The Morgan fingerprint density at radius 2 is 2.09 bits per heavy atom. The molecule has 1 saturated heterocycles. The molecule has 2 rings (SSSR count). The minimum atomic E-state index is -4.09. The predicted molar refractivity (Wildman–Crippen MR) is 31.1 cm³/mol. The van der Waals surface area contributed by atoms with Gasteiger partial charge in [-0.25, -0.2) is 0 Å². The fourth-order valence-electron chi connectivity index (χ4n) is 1.54. The van der Waals surface area contributed by atoms with Gasteiger partial charge in [-0.05, 0) is 0 Å². The first-order chi connectivity index (χ1) is 5.11. The summed E-state index contributed by atoms with van der Waals surface area (Å²) in [6, 6.07) is -0.469. The van der Waals surface area contributed by atoms with Gasteiger partial charge in [0, 0.05) is 12.6 Å². The van der Waals surface area contributed by atoms with Crippen LogP contribution in [-0.2, 0) is 4.74 Å². The van der Waals surface area contributed by atoms with Crippen molar-refractivity contribution in [3.63, 3.8) is 0 Å². The van der Waals surface area contributed by atoms with E-state index in [1.165, 1.54) is 0 Å². The standard InChI is InChI=1S/C6H8F3NO/c7-6(8,9)3-4-5(3)11-2-1-10-4/h3-5,10H,1-2H2/t3-,4-,5+/m0/s1. The van der Waals surface area contributed by atoms with E-state index in [1.54, 1.807) is 0 Å². The highest BCUT2D eigenvalue weighted by Gasteiger charge is 2.66. The molecule has 0 amide bonds. The molecule has 0 aromatic rings. The van der Waals surface area contributed by atoms with E-state index in [9.17, 15) is 13.2 Å². The van der Waals surface area contributed by atoms with Gasteiger partial charge in [-0.3, -0.25) is 0 Å². The summed E-state index contributed by atoms with van der Waals surface area (Å²) in [6.07, 6.45) is -4.70. The Hall–Kier alpha value is -0.290. The number of halogens is 3. The average Bonchev–Trinajstić information content (AvgIpc) is 2.58. The second kappa shape index (κ2) is 2.10. The van der Waals surface area contributed by atoms with E-state index in [1.807, 2.05) is 0 Å². The molecule has 1 aliphatic carbocycles. The van der Waals surface area contributed by atoms with Crippen LogP contribution in [0.25, 0.3) is 0 Å². The lowest BCUT2D eigenvalue weighted by atomic mass is 10.4. The number of morpholine rings is 1. The summed E-state index contributed by atoms with van der Waals surface area (Å²) in [5.41, 5.74) is 0. The zero-order chi connectivity index (χ0) is 8.06. The summed E-state index contributed by atoms with van der Waals surface area (Å²) in [5.74, 6) is -1.26. The number of hydrogen-bond acceptors (Lipinski definition) is 2. The molecule has 0 bridgehead atoms. The van der Waals surface area contributed by atoms with E-state index >= 15 is 0 Å². The van der Waals surface area contributed by atoms with Crippen LogP contribution in [0.4, 0.5) is 13.2 Å². The summed E-state index contributed by atoms with van der Waals surface area (Å²) >= 11 is 0. The third kappa shape index (κ3) is 1.12. The van der Waals surface area contributed by atoms with Gasteiger partial charge in [0.05, 0.1) is 12.7 Å². The van der Waals surface area contributed by atoms with Crippen molar-refractivity contribution in [1.82, 2.24) is 5.32 Å². The first kappa shape index (κ1) is 7.36. The van der Waals surface area contributed by atoms with Gasteiger partial charge in [-0.1, -0.05) is 0 Å². The van der Waals surface area contributed by atoms with Crippen LogP contribution in [0.3, 0.4) is 0 Å². The lowest BCUT2D eigenvalue weighted by molar-refractivity contribution is -0.156. The molecule has 11 heavy (non-hydrogen) atoms. The smallest absolute Gasteiger partial charge is 0.375 e. The fraction of sp³-hybridized carbons (Fsp3) is 1.00. The molecule has 0 spiro atoms. The molecule has 0 radical (unpaired) electrons. The van der Waals surface area contributed by atoms with Gasteiger partial charge in [-0.15, -0.1) is 0 Å². The number of alkyl halides is 3. The van der Waals surface area contributed by atoms with Gasteiger partial charge in [0.25, 0.3) is 0 Å². The molecule has 3 atom stereocenters. The maximum Gasteiger partial charge on any atom is 0.395 e. The summed E-state index contributed by atoms with van der Waals surface area (Å²) in [4.78, 5) is 0. The molecule has 1 aliphatic heterocycles. The van der Waals surface area contributed by atoms with E-state index < -0.39 is 24.2 Å². The van der Waals surface area contributed by atoms with E-state index in [0.717, 1.165) is 0 Å². The third-order valence-corrected chi connectivity index (χ3v) is 2.12. The van der Waals surface area contributed by atoms with Crippen molar-refractivity contribution in [1.29, 1.82) is 0 Å². The molecule has 2 fully saturated rings. The van der Waals surface area contributed by atoms with Crippen LogP contribution in [0.5, 0.6) is 0 Å². The topological polar surface area (TPSA) is 21.3 Å². The van der Waals surface area contributed by atoms with Crippen molar-refractivity contribution in [2.45, 2.75) is 18.3 Å². The van der Waals surface area contributed by atoms with Crippen molar-refractivity contribution >= 4 is 0 Å². The molecule has 0 unspecified atom stereocenters. The number of hydrogen-bond donors (Lipinski definition) is 1. The molecule has 2 aliphatic rings. The molecule has 0 aromatic heterocycles. The maximum atomic E-state index is 12.0. The molecule has 2 nitrogen and oxygen atoms in total. The number of nitrogens with one attached hydrogen (secondary N) is 1. The Labute approximate surface area is 61.7 Å². The number of ether oxygens (including phenoxy) is 1. The van der Waals surface area contributed by atoms with Crippen LogP contribution in [0, 0.1) is 5.92 Å². The second-order valence-corrected chi connectivity index (χ2v) is 2.88. The van der Waals surface area contributed by atoms with Crippen LogP contribution >= 0.6 is 0 Å². The molecular formula is C6H8F3NO. The van der Waals surface area contributed by atoms with Crippen molar-refractivity contribution in [2.75, 3.05) is 13.2 Å². The third-order valence-electron chi connectivity index (χ3n) is 2.12. The van der Waals surface area contributed by atoms with Crippen molar-refractivity contribution in [3.05, 3.63) is 0 Å². The zero-order valence-corrected chi connectivity index (χ0v) is 5.69. The largest absolute Gasteiger partial charge is 0.395 e. The van der Waals surface area contributed by atoms with Crippen molar-refractivity contribution in [2.24, 2.45) is 5.92 Å². The monoisotopic (exact) mass is 167 g/mol. The maximum absolute atomic E-state index is 12.0. The van der Waals surface area contributed by atoms with Gasteiger partial charge in [0.2, 0.25) is 0 Å². The summed E-state index contributed by atoms with van der Waals surface area (Å²) in [5, 5.41) is 2.77.